The van der Waals surface area contributed by atoms with E-state index in [4.69, 9.17) is 4.52 Å². The van der Waals surface area contributed by atoms with Crippen LogP contribution in [0.25, 0.3) is 0 Å². The van der Waals surface area contributed by atoms with Crippen molar-refractivity contribution in [2.45, 2.75) is 63.3 Å². The van der Waals surface area contributed by atoms with Crippen molar-refractivity contribution >= 4 is 5.91 Å². The number of rotatable bonds is 7. The summed E-state index contributed by atoms with van der Waals surface area (Å²) in [5, 5.41) is 16.7. The van der Waals surface area contributed by atoms with E-state index >= 15 is 0 Å². The Hall–Kier alpha value is -1.43. The van der Waals surface area contributed by atoms with Crippen molar-refractivity contribution in [3.8, 4) is 0 Å². The molecule has 4 rings (SSSR count). The van der Waals surface area contributed by atoms with Crippen molar-refractivity contribution in [1.29, 1.82) is 0 Å². The molecule has 3 fully saturated rings. The highest BCUT2D eigenvalue weighted by molar-refractivity contribution is 5.76. The SMILES string of the molecule is O=C(CCCc1nc(C2CC2)no1)NC1C2CCC(C2)C1CO. The van der Waals surface area contributed by atoms with Gasteiger partial charge >= 0.3 is 0 Å². The molecular formula is C17H25N3O3. The van der Waals surface area contributed by atoms with E-state index in [0.29, 0.717) is 36.5 Å². The van der Waals surface area contributed by atoms with Gasteiger partial charge in [0.1, 0.15) is 0 Å². The second-order valence-electron chi connectivity index (χ2n) is 7.45. The molecule has 126 valence electrons. The minimum Gasteiger partial charge on any atom is -0.396 e. The molecule has 1 heterocycles. The van der Waals surface area contributed by atoms with Gasteiger partial charge in [0.25, 0.3) is 0 Å². The molecule has 0 aromatic carbocycles. The van der Waals surface area contributed by atoms with Crippen LogP contribution in [0.4, 0.5) is 0 Å². The maximum Gasteiger partial charge on any atom is 0.226 e. The highest BCUT2D eigenvalue weighted by atomic mass is 16.5. The Bertz CT molecular complexity index is 569. The lowest BCUT2D eigenvalue weighted by atomic mass is 9.85. The van der Waals surface area contributed by atoms with Gasteiger partial charge < -0.3 is 14.9 Å². The zero-order chi connectivity index (χ0) is 15.8. The zero-order valence-electron chi connectivity index (χ0n) is 13.4. The highest BCUT2D eigenvalue weighted by Crippen LogP contribution is 2.48. The molecule has 3 saturated carbocycles. The predicted molar refractivity (Wildman–Crippen MR) is 82.5 cm³/mol. The number of fused-ring (bicyclic) bond motifs is 2. The van der Waals surface area contributed by atoms with E-state index in [1.165, 1.54) is 19.3 Å². The summed E-state index contributed by atoms with van der Waals surface area (Å²) in [4.78, 5) is 16.6. The van der Waals surface area contributed by atoms with Crippen molar-refractivity contribution in [3.63, 3.8) is 0 Å². The first-order valence-corrected chi connectivity index (χ1v) is 8.97. The Morgan fingerprint density at radius 1 is 1.26 bits per heavy atom. The first-order chi connectivity index (χ1) is 11.2. The van der Waals surface area contributed by atoms with Gasteiger partial charge in [-0.1, -0.05) is 5.16 Å². The molecule has 3 aliphatic carbocycles. The van der Waals surface area contributed by atoms with Gasteiger partial charge in [-0.05, 0) is 50.4 Å². The molecule has 1 aromatic rings. The van der Waals surface area contributed by atoms with E-state index in [9.17, 15) is 9.90 Å². The van der Waals surface area contributed by atoms with Gasteiger partial charge in [0, 0.05) is 37.3 Å². The number of carbonyl (C=O) groups excluding carboxylic acids is 1. The fourth-order valence-electron chi connectivity index (χ4n) is 4.43. The number of aromatic nitrogens is 2. The summed E-state index contributed by atoms with van der Waals surface area (Å²) in [7, 11) is 0. The highest BCUT2D eigenvalue weighted by Gasteiger charge is 2.47. The molecular weight excluding hydrogens is 294 g/mol. The lowest BCUT2D eigenvalue weighted by Gasteiger charge is -2.30. The largest absolute Gasteiger partial charge is 0.396 e. The Balaban J connectivity index is 1.22. The number of carbonyl (C=O) groups is 1. The standard InChI is InChI=1S/C17H25N3O3/c21-9-13-11-6-7-12(8-11)16(13)18-14(22)2-1-3-15-19-17(20-23-15)10-4-5-10/h10-13,16,21H,1-9H2,(H,18,22). The van der Waals surface area contributed by atoms with Crippen LogP contribution in [-0.2, 0) is 11.2 Å². The van der Waals surface area contributed by atoms with E-state index in [0.717, 1.165) is 25.1 Å². The first-order valence-electron chi connectivity index (χ1n) is 8.97. The minimum absolute atomic E-state index is 0.0860. The Labute approximate surface area is 136 Å². The Morgan fingerprint density at radius 3 is 2.87 bits per heavy atom. The van der Waals surface area contributed by atoms with Crippen molar-refractivity contribution in [1.82, 2.24) is 15.5 Å². The average molecular weight is 319 g/mol. The second kappa shape index (κ2) is 6.23. The van der Waals surface area contributed by atoms with Gasteiger partial charge in [-0.3, -0.25) is 4.79 Å². The molecule has 4 unspecified atom stereocenters. The molecule has 6 heteroatoms. The minimum atomic E-state index is 0.0860. The van der Waals surface area contributed by atoms with Crippen molar-refractivity contribution in [3.05, 3.63) is 11.7 Å². The summed E-state index contributed by atoms with van der Waals surface area (Å²) in [6.45, 7) is 0.193. The molecule has 2 bridgehead atoms. The molecule has 2 N–H and O–H groups in total. The Kier molecular flexibility index (Phi) is 4.09. The number of hydrogen-bond acceptors (Lipinski definition) is 5. The van der Waals surface area contributed by atoms with E-state index in [1.54, 1.807) is 0 Å². The third-order valence-electron chi connectivity index (χ3n) is 5.85. The van der Waals surface area contributed by atoms with Crippen LogP contribution < -0.4 is 5.32 Å². The van der Waals surface area contributed by atoms with Crippen molar-refractivity contribution < 1.29 is 14.4 Å². The number of nitrogens with one attached hydrogen (secondary N) is 1. The summed E-state index contributed by atoms with van der Waals surface area (Å²) in [5.74, 6) is 3.50. The number of aliphatic hydroxyl groups excluding tert-OH is 1. The van der Waals surface area contributed by atoms with E-state index in [1.807, 2.05) is 0 Å². The number of nitrogens with zero attached hydrogens (tertiary/aromatic N) is 2. The van der Waals surface area contributed by atoms with Crippen LogP contribution in [0.5, 0.6) is 0 Å². The first kappa shape index (κ1) is 15.1. The second-order valence-corrected chi connectivity index (χ2v) is 7.45. The average Bonchev–Trinajstić information content (AvgIpc) is 2.97. The van der Waals surface area contributed by atoms with Gasteiger partial charge in [-0.25, -0.2) is 0 Å². The van der Waals surface area contributed by atoms with E-state index in [2.05, 4.69) is 15.5 Å². The molecule has 1 amide bonds. The molecule has 6 nitrogen and oxygen atoms in total. The predicted octanol–water partition coefficient (Wildman–Crippen LogP) is 1.79. The van der Waals surface area contributed by atoms with Crippen molar-refractivity contribution in [2.75, 3.05) is 6.61 Å². The van der Waals surface area contributed by atoms with E-state index < -0.39 is 0 Å². The van der Waals surface area contributed by atoms with Crippen molar-refractivity contribution in [2.24, 2.45) is 17.8 Å². The van der Waals surface area contributed by atoms with Crippen LogP contribution in [0.2, 0.25) is 0 Å². The van der Waals surface area contributed by atoms with Gasteiger partial charge in [-0.15, -0.1) is 0 Å². The summed E-state index contributed by atoms with van der Waals surface area (Å²) < 4.78 is 5.23. The molecule has 0 saturated heterocycles. The monoisotopic (exact) mass is 319 g/mol. The van der Waals surface area contributed by atoms with Crippen LogP contribution >= 0.6 is 0 Å². The maximum absolute atomic E-state index is 12.2. The van der Waals surface area contributed by atoms with Gasteiger partial charge in [0.2, 0.25) is 11.8 Å². The molecule has 0 spiro atoms. The third-order valence-corrected chi connectivity index (χ3v) is 5.85. The lowest BCUT2D eigenvalue weighted by molar-refractivity contribution is -0.122. The Morgan fingerprint density at radius 2 is 2.09 bits per heavy atom. The van der Waals surface area contributed by atoms with Gasteiger partial charge in [0.15, 0.2) is 5.82 Å². The molecule has 1 aromatic heterocycles. The summed E-state index contributed by atoms with van der Waals surface area (Å²) >= 11 is 0. The lowest BCUT2D eigenvalue weighted by Crippen LogP contribution is -2.45. The summed E-state index contributed by atoms with van der Waals surface area (Å²) in [6.07, 6.45) is 7.76. The van der Waals surface area contributed by atoms with Crippen LogP contribution in [0.1, 0.15) is 62.6 Å². The number of aliphatic hydroxyl groups is 1. The topological polar surface area (TPSA) is 88.2 Å². The smallest absolute Gasteiger partial charge is 0.226 e. The van der Waals surface area contributed by atoms with Crippen LogP contribution in [-0.4, -0.2) is 33.8 Å². The molecule has 3 aliphatic rings. The fraction of sp³-hybridized carbons (Fsp3) is 0.824. The van der Waals surface area contributed by atoms with Crippen LogP contribution in [0.3, 0.4) is 0 Å². The zero-order valence-corrected chi connectivity index (χ0v) is 13.4. The van der Waals surface area contributed by atoms with Crippen LogP contribution in [0.15, 0.2) is 4.52 Å². The van der Waals surface area contributed by atoms with Gasteiger partial charge in [-0.2, -0.15) is 4.98 Å². The maximum atomic E-state index is 12.2. The van der Waals surface area contributed by atoms with Crippen LogP contribution in [0, 0.1) is 17.8 Å². The van der Waals surface area contributed by atoms with E-state index in [-0.39, 0.29) is 24.5 Å². The number of amides is 1. The normalized spacial score (nSPS) is 32.4. The number of hydrogen-bond donors (Lipinski definition) is 2. The quantitative estimate of drug-likeness (QED) is 0.800. The summed E-state index contributed by atoms with van der Waals surface area (Å²) in [6, 6.07) is 0.177. The molecule has 0 radical (unpaired) electrons. The summed E-state index contributed by atoms with van der Waals surface area (Å²) in [5.41, 5.74) is 0. The third kappa shape index (κ3) is 3.13. The van der Waals surface area contributed by atoms with Gasteiger partial charge in [0.05, 0.1) is 0 Å². The molecule has 0 aliphatic heterocycles. The molecule has 23 heavy (non-hydrogen) atoms. The molecule has 4 atom stereocenters. The fourth-order valence-corrected chi connectivity index (χ4v) is 4.43. The number of aryl methyl sites for hydroxylation is 1.